The van der Waals surface area contributed by atoms with Gasteiger partial charge in [0, 0.05) is 28.3 Å². The van der Waals surface area contributed by atoms with Gasteiger partial charge < -0.3 is 5.73 Å². The lowest BCUT2D eigenvalue weighted by Gasteiger charge is -2.22. The number of para-hydroxylation sites is 1. The summed E-state index contributed by atoms with van der Waals surface area (Å²) in [5.74, 6) is -0.946. The van der Waals surface area contributed by atoms with Crippen molar-refractivity contribution in [3.63, 3.8) is 0 Å². The molecule has 2 amide bonds. The number of carbonyl (C=O) groups excluding carboxylic acids is 2. The third-order valence-electron chi connectivity index (χ3n) is 6.18. The van der Waals surface area contributed by atoms with Gasteiger partial charge in [0.25, 0.3) is 0 Å². The number of nitrogens with zero attached hydrogens (tertiary/aromatic N) is 2. The minimum absolute atomic E-state index is 0.0811. The Morgan fingerprint density at radius 1 is 0.795 bits per heavy atom. The van der Waals surface area contributed by atoms with Crippen LogP contribution >= 0.6 is 0 Å². The molecule has 5 rings (SSSR count). The average Bonchev–Trinajstić information content (AvgIpc) is 2.93. The molecule has 9 heteroatoms. The number of ketones is 1. The largest absolute Gasteiger partial charge is 0.418 e. The fourth-order valence-corrected chi connectivity index (χ4v) is 4.47. The van der Waals surface area contributed by atoms with Crippen molar-refractivity contribution in [2.24, 2.45) is 5.73 Å². The van der Waals surface area contributed by atoms with Gasteiger partial charge in [-0.2, -0.15) is 13.2 Å². The molecule has 0 atom stereocenters. The normalized spacial score (nSPS) is 11.4. The summed E-state index contributed by atoms with van der Waals surface area (Å²) in [4.78, 5) is 31.2. The van der Waals surface area contributed by atoms with E-state index in [4.69, 9.17) is 5.73 Å². The number of benzene rings is 4. The topological polar surface area (TPSA) is 76.3 Å². The Labute approximate surface area is 220 Å². The molecule has 0 radical (unpaired) electrons. The zero-order valence-corrected chi connectivity index (χ0v) is 20.1. The Morgan fingerprint density at radius 3 is 2.15 bits per heavy atom. The molecule has 0 spiro atoms. The van der Waals surface area contributed by atoms with Crippen molar-refractivity contribution in [1.29, 1.82) is 0 Å². The van der Waals surface area contributed by atoms with E-state index in [2.05, 4.69) is 4.98 Å². The highest BCUT2D eigenvalue weighted by Crippen LogP contribution is 2.40. The number of amides is 2. The van der Waals surface area contributed by atoms with Crippen molar-refractivity contribution in [3.05, 3.63) is 126 Å². The summed E-state index contributed by atoms with van der Waals surface area (Å²) in [7, 11) is 0. The quantitative estimate of drug-likeness (QED) is 0.189. The molecule has 0 saturated carbocycles. The number of fused-ring (bicyclic) bond motifs is 1. The molecular formula is C30H19F4N3O2. The number of anilines is 2. The van der Waals surface area contributed by atoms with Crippen LogP contribution in [0.2, 0.25) is 0 Å². The first-order valence-corrected chi connectivity index (χ1v) is 11.7. The number of urea groups is 1. The first-order valence-electron chi connectivity index (χ1n) is 11.7. The number of aromatic nitrogens is 1. The summed E-state index contributed by atoms with van der Waals surface area (Å²) in [6, 6.07) is 22.5. The highest BCUT2D eigenvalue weighted by Gasteiger charge is 2.34. The van der Waals surface area contributed by atoms with Crippen LogP contribution in [0.3, 0.4) is 0 Å². The van der Waals surface area contributed by atoms with Crippen LogP contribution in [0.5, 0.6) is 0 Å². The first kappa shape index (κ1) is 25.6. The Morgan fingerprint density at radius 2 is 1.49 bits per heavy atom. The maximum Gasteiger partial charge on any atom is 0.418 e. The van der Waals surface area contributed by atoms with Gasteiger partial charge in [0.15, 0.2) is 5.78 Å². The number of carbonyl (C=O) groups is 2. The highest BCUT2D eigenvalue weighted by atomic mass is 19.4. The molecule has 0 aliphatic carbocycles. The predicted octanol–water partition coefficient (Wildman–Crippen LogP) is 7.51. The molecule has 0 fully saturated rings. The van der Waals surface area contributed by atoms with Crippen molar-refractivity contribution in [2.75, 3.05) is 4.90 Å². The number of primary amides is 1. The lowest BCUT2D eigenvalue weighted by Crippen LogP contribution is -2.31. The molecule has 1 aromatic heterocycles. The van der Waals surface area contributed by atoms with Crippen LogP contribution in [0.25, 0.3) is 22.0 Å². The number of rotatable bonds is 5. The van der Waals surface area contributed by atoms with E-state index in [9.17, 15) is 27.2 Å². The van der Waals surface area contributed by atoms with Gasteiger partial charge in [0.2, 0.25) is 0 Å². The van der Waals surface area contributed by atoms with E-state index >= 15 is 0 Å². The van der Waals surface area contributed by atoms with Gasteiger partial charge in [-0.1, -0.05) is 54.6 Å². The molecule has 0 aliphatic heterocycles. The first-order chi connectivity index (χ1) is 18.6. The minimum atomic E-state index is -4.68. The van der Waals surface area contributed by atoms with Crippen molar-refractivity contribution in [2.45, 2.75) is 6.18 Å². The van der Waals surface area contributed by atoms with Gasteiger partial charge in [-0.05, 0) is 48.0 Å². The fourth-order valence-electron chi connectivity index (χ4n) is 4.47. The third kappa shape index (κ3) is 4.94. The zero-order valence-electron chi connectivity index (χ0n) is 20.1. The Kier molecular flexibility index (Phi) is 6.57. The summed E-state index contributed by atoms with van der Waals surface area (Å²) in [5.41, 5.74) is 5.90. The summed E-state index contributed by atoms with van der Waals surface area (Å²) in [5, 5.41) is 0.108. The smallest absolute Gasteiger partial charge is 0.351 e. The van der Waals surface area contributed by atoms with E-state index in [-0.39, 0.29) is 33.4 Å². The molecule has 0 saturated heterocycles. The lowest BCUT2D eigenvalue weighted by atomic mass is 9.91. The molecule has 4 aromatic carbocycles. The number of hydrogen-bond acceptors (Lipinski definition) is 3. The van der Waals surface area contributed by atoms with E-state index in [0.29, 0.717) is 11.1 Å². The standard InChI is InChI=1S/C30H19F4N3O2/c31-20-12-14-21(15-13-20)37(29(35)39)22-9-4-8-19(16-22)26-23-10-5-11-25(30(32,33)34)27(23)36-17-24(26)28(38)18-6-2-1-3-7-18/h1-17H,(H2,35,39). The van der Waals surface area contributed by atoms with E-state index in [1.54, 1.807) is 48.5 Å². The maximum absolute atomic E-state index is 13.9. The van der Waals surface area contributed by atoms with Gasteiger partial charge in [-0.25, -0.2) is 9.18 Å². The maximum atomic E-state index is 13.9. The Hall–Kier alpha value is -5.05. The summed E-state index contributed by atoms with van der Waals surface area (Å²) < 4.78 is 55.1. The number of halogens is 4. The van der Waals surface area contributed by atoms with Crippen LogP contribution in [0, 0.1) is 5.82 Å². The van der Waals surface area contributed by atoms with Crippen LogP contribution in [-0.2, 0) is 6.18 Å². The van der Waals surface area contributed by atoms with Crippen molar-refractivity contribution >= 4 is 34.1 Å². The Balaban J connectivity index is 1.77. The molecule has 0 bridgehead atoms. The monoisotopic (exact) mass is 529 g/mol. The third-order valence-corrected chi connectivity index (χ3v) is 6.18. The van der Waals surface area contributed by atoms with E-state index < -0.39 is 29.4 Å². The van der Waals surface area contributed by atoms with Gasteiger partial charge in [-0.3, -0.25) is 14.7 Å². The summed E-state index contributed by atoms with van der Waals surface area (Å²) >= 11 is 0. The van der Waals surface area contributed by atoms with E-state index in [1.807, 2.05) is 0 Å². The van der Waals surface area contributed by atoms with Crippen LogP contribution in [0.4, 0.5) is 33.7 Å². The molecule has 5 aromatic rings. The second-order valence-corrected chi connectivity index (χ2v) is 8.64. The van der Waals surface area contributed by atoms with Crippen LogP contribution in [0.1, 0.15) is 21.5 Å². The SMILES string of the molecule is NC(=O)N(c1ccc(F)cc1)c1cccc(-c2c(C(=O)c3ccccc3)cnc3c(C(F)(F)F)cccc23)c1. The van der Waals surface area contributed by atoms with Crippen molar-refractivity contribution < 1.29 is 27.2 Å². The van der Waals surface area contributed by atoms with E-state index in [1.165, 1.54) is 42.5 Å². The van der Waals surface area contributed by atoms with Gasteiger partial charge in [-0.15, -0.1) is 0 Å². The molecule has 39 heavy (non-hydrogen) atoms. The van der Waals surface area contributed by atoms with Crippen LogP contribution in [-0.4, -0.2) is 16.8 Å². The van der Waals surface area contributed by atoms with Gasteiger partial charge in [0.05, 0.1) is 22.5 Å². The minimum Gasteiger partial charge on any atom is -0.351 e. The molecule has 1 heterocycles. The van der Waals surface area contributed by atoms with Gasteiger partial charge >= 0.3 is 12.2 Å². The zero-order chi connectivity index (χ0) is 27.7. The van der Waals surface area contributed by atoms with Crippen LogP contribution in [0.15, 0.2) is 103 Å². The molecular weight excluding hydrogens is 510 g/mol. The second-order valence-electron chi connectivity index (χ2n) is 8.64. The fraction of sp³-hybridized carbons (Fsp3) is 0.0333. The van der Waals surface area contributed by atoms with Crippen LogP contribution < -0.4 is 10.6 Å². The number of nitrogens with two attached hydrogens (primary N) is 1. The number of hydrogen-bond donors (Lipinski definition) is 1. The predicted molar refractivity (Wildman–Crippen MR) is 140 cm³/mol. The number of alkyl halides is 3. The summed E-state index contributed by atoms with van der Waals surface area (Å²) in [6.45, 7) is 0. The van der Waals surface area contributed by atoms with E-state index in [0.717, 1.165) is 17.2 Å². The molecule has 0 unspecified atom stereocenters. The molecule has 194 valence electrons. The summed E-state index contributed by atoms with van der Waals surface area (Å²) in [6.07, 6.45) is -3.54. The van der Waals surface area contributed by atoms with Gasteiger partial charge in [0.1, 0.15) is 5.82 Å². The highest BCUT2D eigenvalue weighted by molar-refractivity contribution is 6.17. The molecule has 0 aliphatic rings. The molecule has 5 nitrogen and oxygen atoms in total. The average molecular weight is 529 g/mol. The second kappa shape index (κ2) is 10.0. The van der Waals surface area contributed by atoms with Crippen molar-refractivity contribution in [3.8, 4) is 11.1 Å². The molecule has 2 N–H and O–H groups in total. The lowest BCUT2D eigenvalue weighted by molar-refractivity contribution is -0.136. The number of pyridine rings is 1. The van der Waals surface area contributed by atoms with Crippen molar-refractivity contribution in [1.82, 2.24) is 4.98 Å². The Bertz CT molecular complexity index is 1700.